The summed E-state index contributed by atoms with van der Waals surface area (Å²) in [4.78, 5) is 11.8. The van der Waals surface area contributed by atoms with Crippen molar-refractivity contribution in [2.24, 2.45) is 0 Å². The maximum absolute atomic E-state index is 11.8. The highest BCUT2D eigenvalue weighted by molar-refractivity contribution is 5.78. The zero-order valence-corrected chi connectivity index (χ0v) is 10.5. The molecule has 2 N–H and O–H groups in total. The Morgan fingerprint density at radius 2 is 2.11 bits per heavy atom. The summed E-state index contributed by atoms with van der Waals surface area (Å²) in [6, 6.07) is 9.93. The van der Waals surface area contributed by atoms with E-state index >= 15 is 0 Å². The zero-order chi connectivity index (χ0) is 13.0. The molecule has 98 valence electrons. The van der Waals surface area contributed by atoms with E-state index in [2.05, 4.69) is 5.32 Å². The summed E-state index contributed by atoms with van der Waals surface area (Å²) in [6.07, 6.45) is 1.35. The third-order valence-corrected chi connectivity index (χ3v) is 3.41. The largest absolute Gasteiger partial charge is 0.469 e. The highest BCUT2D eigenvalue weighted by atomic mass is 16.5. The fourth-order valence-electron chi connectivity index (χ4n) is 2.20. The van der Waals surface area contributed by atoms with Crippen LogP contribution in [-0.4, -0.2) is 36.9 Å². The van der Waals surface area contributed by atoms with Crippen molar-refractivity contribution < 1.29 is 14.6 Å². The quantitative estimate of drug-likeness (QED) is 0.766. The molecule has 0 bridgehead atoms. The highest BCUT2D eigenvalue weighted by Gasteiger charge is 2.29. The van der Waals surface area contributed by atoms with E-state index in [4.69, 9.17) is 4.74 Å². The molecular weight excluding hydrogens is 230 g/mol. The van der Waals surface area contributed by atoms with Crippen LogP contribution < -0.4 is 5.32 Å². The van der Waals surface area contributed by atoms with Crippen molar-refractivity contribution in [1.29, 1.82) is 0 Å². The maximum Gasteiger partial charge on any atom is 0.314 e. The topological polar surface area (TPSA) is 58.6 Å². The fourth-order valence-corrected chi connectivity index (χ4v) is 2.20. The molecule has 1 aliphatic carbocycles. The van der Waals surface area contributed by atoms with Gasteiger partial charge in [0, 0.05) is 12.6 Å². The van der Waals surface area contributed by atoms with Gasteiger partial charge in [-0.1, -0.05) is 30.3 Å². The van der Waals surface area contributed by atoms with Crippen LogP contribution in [0.5, 0.6) is 0 Å². The van der Waals surface area contributed by atoms with Crippen molar-refractivity contribution in [2.75, 3.05) is 13.7 Å². The van der Waals surface area contributed by atoms with Crippen LogP contribution in [0.25, 0.3) is 0 Å². The standard InChI is InChI=1S/C14H19NO3/c1-18-14(17)13(10-5-3-2-4-6-10)9-15-11-7-12(16)8-11/h2-6,11-13,15-16H,7-9H2,1H3. The van der Waals surface area contributed by atoms with Gasteiger partial charge >= 0.3 is 5.97 Å². The van der Waals surface area contributed by atoms with E-state index in [0.717, 1.165) is 18.4 Å². The van der Waals surface area contributed by atoms with Crippen molar-refractivity contribution in [1.82, 2.24) is 5.32 Å². The molecule has 1 unspecified atom stereocenters. The number of esters is 1. The first-order valence-electron chi connectivity index (χ1n) is 6.25. The van der Waals surface area contributed by atoms with Gasteiger partial charge in [0.15, 0.2) is 0 Å². The van der Waals surface area contributed by atoms with Crippen LogP contribution in [0.15, 0.2) is 30.3 Å². The molecule has 0 amide bonds. The predicted molar refractivity (Wildman–Crippen MR) is 68.2 cm³/mol. The summed E-state index contributed by atoms with van der Waals surface area (Å²) in [7, 11) is 1.41. The van der Waals surface area contributed by atoms with Crippen molar-refractivity contribution in [2.45, 2.75) is 30.9 Å². The first kappa shape index (κ1) is 13.1. The number of hydrogen-bond acceptors (Lipinski definition) is 4. The molecule has 0 radical (unpaired) electrons. The van der Waals surface area contributed by atoms with Gasteiger partial charge in [0.2, 0.25) is 0 Å². The minimum absolute atomic E-state index is 0.184. The van der Waals surface area contributed by atoms with Gasteiger partial charge in [-0.15, -0.1) is 0 Å². The second kappa shape index (κ2) is 5.98. The Hall–Kier alpha value is -1.39. The Bertz CT molecular complexity index is 387. The molecule has 4 heteroatoms. The van der Waals surface area contributed by atoms with Gasteiger partial charge in [0.1, 0.15) is 0 Å². The number of rotatable bonds is 5. The van der Waals surface area contributed by atoms with Crippen LogP contribution in [0.1, 0.15) is 24.3 Å². The van der Waals surface area contributed by atoms with Crippen molar-refractivity contribution in [3.05, 3.63) is 35.9 Å². The molecule has 4 nitrogen and oxygen atoms in total. The summed E-state index contributed by atoms with van der Waals surface area (Å²) in [6.45, 7) is 0.550. The van der Waals surface area contributed by atoms with Crippen molar-refractivity contribution in [3.63, 3.8) is 0 Å². The van der Waals surface area contributed by atoms with Gasteiger partial charge in [-0.2, -0.15) is 0 Å². The summed E-state index contributed by atoms with van der Waals surface area (Å²) in [5.74, 6) is -0.512. The molecule has 1 aromatic carbocycles. The third-order valence-electron chi connectivity index (χ3n) is 3.41. The first-order chi connectivity index (χ1) is 8.70. The molecule has 2 rings (SSSR count). The molecule has 0 aromatic heterocycles. The normalized spacial score (nSPS) is 24.1. The average molecular weight is 249 g/mol. The minimum Gasteiger partial charge on any atom is -0.469 e. The Kier molecular flexibility index (Phi) is 4.33. The number of methoxy groups -OCH3 is 1. The summed E-state index contributed by atoms with van der Waals surface area (Å²) in [5.41, 5.74) is 0.955. The zero-order valence-electron chi connectivity index (χ0n) is 10.5. The summed E-state index contributed by atoms with van der Waals surface area (Å²) < 4.78 is 4.84. The number of benzene rings is 1. The predicted octanol–water partition coefficient (Wildman–Crippen LogP) is 1.06. The minimum atomic E-state index is -0.283. The molecule has 1 saturated carbocycles. The van der Waals surface area contributed by atoms with Gasteiger partial charge in [0.25, 0.3) is 0 Å². The number of carbonyl (C=O) groups is 1. The number of aliphatic hydroxyl groups is 1. The van der Waals surface area contributed by atoms with E-state index in [-0.39, 0.29) is 18.0 Å². The molecule has 0 saturated heterocycles. The lowest BCUT2D eigenvalue weighted by Crippen LogP contribution is -2.46. The molecule has 18 heavy (non-hydrogen) atoms. The molecule has 1 aliphatic rings. The molecule has 0 heterocycles. The molecule has 1 fully saturated rings. The van der Waals surface area contributed by atoms with E-state index in [1.807, 2.05) is 30.3 Å². The lowest BCUT2D eigenvalue weighted by atomic mass is 9.88. The van der Waals surface area contributed by atoms with Crippen molar-refractivity contribution >= 4 is 5.97 Å². The van der Waals surface area contributed by atoms with Gasteiger partial charge < -0.3 is 15.2 Å². The van der Waals surface area contributed by atoms with E-state index < -0.39 is 0 Å². The van der Waals surface area contributed by atoms with Gasteiger partial charge in [0.05, 0.1) is 19.1 Å². The number of hydrogen-bond donors (Lipinski definition) is 2. The SMILES string of the molecule is COC(=O)C(CNC1CC(O)C1)c1ccccc1. The molecule has 0 spiro atoms. The fraction of sp³-hybridized carbons (Fsp3) is 0.500. The summed E-state index contributed by atoms with van der Waals surface area (Å²) >= 11 is 0. The molecule has 1 atom stereocenters. The number of nitrogens with one attached hydrogen (secondary N) is 1. The van der Waals surface area contributed by atoms with Crippen LogP contribution in [0, 0.1) is 0 Å². The Balaban J connectivity index is 1.95. The van der Waals surface area contributed by atoms with Crippen LogP contribution in [0.3, 0.4) is 0 Å². The van der Waals surface area contributed by atoms with Crippen LogP contribution >= 0.6 is 0 Å². The molecule has 0 aliphatic heterocycles. The maximum atomic E-state index is 11.8. The van der Waals surface area contributed by atoms with Gasteiger partial charge in [-0.05, 0) is 18.4 Å². The smallest absolute Gasteiger partial charge is 0.314 e. The van der Waals surface area contributed by atoms with Gasteiger partial charge in [-0.3, -0.25) is 4.79 Å². The van der Waals surface area contributed by atoms with E-state index in [0.29, 0.717) is 12.6 Å². The Morgan fingerprint density at radius 1 is 1.44 bits per heavy atom. The van der Waals surface area contributed by atoms with E-state index in [9.17, 15) is 9.90 Å². The molecular formula is C14H19NO3. The second-order valence-electron chi connectivity index (χ2n) is 4.72. The van der Waals surface area contributed by atoms with E-state index in [1.54, 1.807) is 0 Å². The second-order valence-corrected chi connectivity index (χ2v) is 4.72. The van der Waals surface area contributed by atoms with E-state index in [1.165, 1.54) is 7.11 Å². The highest BCUT2D eigenvalue weighted by Crippen LogP contribution is 2.22. The number of carbonyl (C=O) groups excluding carboxylic acids is 1. The van der Waals surface area contributed by atoms with Crippen LogP contribution in [-0.2, 0) is 9.53 Å². The summed E-state index contributed by atoms with van der Waals surface area (Å²) in [5, 5.41) is 12.5. The first-order valence-corrected chi connectivity index (χ1v) is 6.25. The third kappa shape index (κ3) is 3.09. The van der Waals surface area contributed by atoms with Crippen LogP contribution in [0.2, 0.25) is 0 Å². The number of ether oxygens (including phenoxy) is 1. The van der Waals surface area contributed by atoms with Gasteiger partial charge in [-0.25, -0.2) is 0 Å². The van der Waals surface area contributed by atoms with Crippen molar-refractivity contribution in [3.8, 4) is 0 Å². The lowest BCUT2D eigenvalue weighted by molar-refractivity contribution is -0.142. The lowest BCUT2D eigenvalue weighted by Gasteiger charge is -2.33. The Labute approximate surface area is 107 Å². The van der Waals surface area contributed by atoms with Crippen LogP contribution in [0.4, 0.5) is 0 Å². The Morgan fingerprint density at radius 3 is 2.67 bits per heavy atom. The monoisotopic (exact) mass is 249 g/mol. The average Bonchev–Trinajstić information content (AvgIpc) is 2.37. The molecule has 1 aromatic rings. The number of aliphatic hydroxyl groups excluding tert-OH is 1.